The van der Waals surface area contributed by atoms with Gasteiger partial charge in [0.1, 0.15) is 0 Å². The van der Waals surface area contributed by atoms with Gasteiger partial charge in [0.15, 0.2) is 0 Å². The third kappa shape index (κ3) is 6.78. The van der Waals surface area contributed by atoms with Crippen molar-refractivity contribution in [2.24, 2.45) is 17.3 Å². The molecule has 0 aromatic heterocycles. The quantitative estimate of drug-likeness (QED) is 0.642. The topological polar surface area (TPSA) is 73.3 Å². The molecule has 0 radical (unpaired) electrons. The number of hydrogen-bond acceptors (Lipinski definition) is 5. The van der Waals surface area contributed by atoms with Gasteiger partial charge in [0.25, 0.3) is 0 Å². The van der Waals surface area contributed by atoms with Crippen LogP contribution in [-0.2, 0) is 14.3 Å². The Balaban J connectivity index is 1.44. The fourth-order valence-corrected chi connectivity index (χ4v) is 6.91. The van der Waals surface area contributed by atoms with Gasteiger partial charge in [-0.3, -0.25) is 14.5 Å². The van der Waals surface area contributed by atoms with Crippen LogP contribution in [-0.4, -0.2) is 95.7 Å². The van der Waals surface area contributed by atoms with Gasteiger partial charge in [0.2, 0.25) is 11.8 Å². The van der Waals surface area contributed by atoms with E-state index in [1.165, 1.54) is 12.8 Å². The lowest BCUT2D eigenvalue weighted by Gasteiger charge is -2.45. The predicted molar refractivity (Wildman–Crippen MR) is 137 cm³/mol. The summed E-state index contributed by atoms with van der Waals surface area (Å²) in [6.07, 6.45) is 9.81. The van der Waals surface area contributed by atoms with Gasteiger partial charge in [0.05, 0.1) is 12.7 Å². The highest BCUT2D eigenvalue weighted by Gasteiger charge is 2.39. The van der Waals surface area contributed by atoms with Crippen LogP contribution >= 0.6 is 0 Å². The van der Waals surface area contributed by atoms with E-state index in [0.29, 0.717) is 37.5 Å². The smallest absolute Gasteiger partial charge is 0.223 e. The summed E-state index contributed by atoms with van der Waals surface area (Å²) in [6, 6.07) is 0.831. The lowest BCUT2D eigenvalue weighted by molar-refractivity contribution is -0.139. The highest BCUT2D eigenvalue weighted by molar-refractivity contribution is 5.77. The summed E-state index contributed by atoms with van der Waals surface area (Å²) in [6.45, 7) is 11.3. The molecule has 1 aliphatic carbocycles. The molecule has 1 saturated carbocycles. The van der Waals surface area contributed by atoms with Gasteiger partial charge in [-0.25, -0.2) is 0 Å². The number of aliphatic hydroxyl groups excluding tert-OH is 1. The molecular formula is C28H49N3O4. The number of hydrogen-bond donors (Lipinski definition) is 1. The van der Waals surface area contributed by atoms with E-state index in [-0.39, 0.29) is 23.3 Å². The number of nitrogens with zero attached hydrogens (tertiary/aromatic N) is 3. The van der Waals surface area contributed by atoms with Crippen LogP contribution in [0.2, 0.25) is 0 Å². The van der Waals surface area contributed by atoms with E-state index in [1.807, 2.05) is 4.90 Å². The molecule has 0 bridgehead atoms. The molecule has 35 heavy (non-hydrogen) atoms. The number of piperidine rings is 2. The SMILES string of the molecule is CC(=O)N1CCC(N2CC[C@H]3CC(=O)N(C4CCCC4)C[C@H](O)C(C)(C)COCCC[C@H]3C2)CC1. The number of carbonyl (C=O) groups excluding carboxylic acids is 2. The molecule has 0 aromatic rings. The first-order valence-electron chi connectivity index (χ1n) is 14.3. The number of fused-ring (bicyclic) bond motifs is 1. The van der Waals surface area contributed by atoms with E-state index in [2.05, 4.69) is 23.6 Å². The average molecular weight is 492 g/mol. The van der Waals surface area contributed by atoms with E-state index in [1.54, 1.807) is 6.92 Å². The van der Waals surface area contributed by atoms with Crippen molar-refractivity contribution in [2.75, 3.05) is 45.9 Å². The average Bonchev–Trinajstić information content (AvgIpc) is 3.37. The molecule has 200 valence electrons. The van der Waals surface area contributed by atoms with Gasteiger partial charge >= 0.3 is 0 Å². The van der Waals surface area contributed by atoms with Crippen molar-refractivity contribution in [2.45, 2.75) is 103 Å². The Morgan fingerprint density at radius 2 is 1.63 bits per heavy atom. The number of aliphatic hydroxyl groups is 1. The molecule has 4 aliphatic rings. The maximum absolute atomic E-state index is 13.7. The van der Waals surface area contributed by atoms with E-state index in [9.17, 15) is 14.7 Å². The summed E-state index contributed by atoms with van der Waals surface area (Å²) in [7, 11) is 0. The fraction of sp³-hybridized carbons (Fsp3) is 0.929. The number of β-amino-alcohol motifs (C(OH)–C–C–N with tert-alkyl or cyclic N) is 1. The van der Waals surface area contributed by atoms with Crippen LogP contribution in [0.5, 0.6) is 0 Å². The summed E-state index contributed by atoms with van der Waals surface area (Å²) < 4.78 is 6.06. The van der Waals surface area contributed by atoms with Crippen LogP contribution in [0.15, 0.2) is 0 Å². The molecule has 7 heteroatoms. The molecule has 4 fully saturated rings. The zero-order valence-electron chi connectivity index (χ0n) is 22.4. The fourth-order valence-electron chi connectivity index (χ4n) is 6.91. The Morgan fingerprint density at radius 1 is 0.914 bits per heavy atom. The number of amides is 2. The van der Waals surface area contributed by atoms with Gasteiger partial charge in [0, 0.05) is 63.6 Å². The third-order valence-electron chi connectivity index (χ3n) is 9.48. The Kier molecular flexibility index (Phi) is 9.14. The molecule has 0 spiro atoms. The van der Waals surface area contributed by atoms with E-state index < -0.39 is 6.10 Å². The molecule has 4 rings (SSSR count). The first kappa shape index (κ1) is 26.9. The van der Waals surface area contributed by atoms with Crippen LogP contribution in [0.3, 0.4) is 0 Å². The summed E-state index contributed by atoms with van der Waals surface area (Å²) in [5.41, 5.74) is -0.372. The lowest BCUT2D eigenvalue weighted by Crippen LogP contribution is -2.52. The molecule has 2 amide bonds. The Hall–Kier alpha value is -1.18. The van der Waals surface area contributed by atoms with E-state index in [4.69, 9.17) is 4.74 Å². The highest BCUT2D eigenvalue weighted by Crippen LogP contribution is 2.35. The summed E-state index contributed by atoms with van der Waals surface area (Å²) >= 11 is 0. The number of carbonyl (C=O) groups is 2. The standard InChI is InChI=1S/C28H49N3O4/c1-21(32)29-14-11-24(12-15-29)30-13-10-22-17-27(34)31(25-8-4-5-9-25)19-26(33)28(2,3)20-35-16-6-7-23(22)18-30/h22-26,33H,4-20H2,1-3H3/t22-,23-,26-/m0/s1. The first-order valence-corrected chi connectivity index (χ1v) is 14.3. The van der Waals surface area contributed by atoms with Gasteiger partial charge in [-0.1, -0.05) is 26.7 Å². The summed E-state index contributed by atoms with van der Waals surface area (Å²) in [5.74, 6) is 1.36. The van der Waals surface area contributed by atoms with Crippen molar-refractivity contribution in [1.29, 1.82) is 0 Å². The number of ether oxygens (including phenoxy) is 1. The van der Waals surface area contributed by atoms with E-state index in [0.717, 1.165) is 77.7 Å². The molecule has 3 saturated heterocycles. The Morgan fingerprint density at radius 3 is 2.31 bits per heavy atom. The minimum atomic E-state index is -0.577. The van der Waals surface area contributed by atoms with Gasteiger partial charge in [-0.15, -0.1) is 0 Å². The van der Waals surface area contributed by atoms with Gasteiger partial charge in [-0.05, 0) is 63.3 Å². The van der Waals surface area contributed by atoms with Crippen LogP contribution in [0, 0.1) is 17.3 Å². The van der Waals surface area contributed by atoms with Crippen molar-refractivity contribution in [1.82, 2.24) is 14.7 Å². The normalized spacial score (nSPS) is 33.0. The zero-order valence-corrected chi connectivity index (χ0v) is 22.4. The van der Waals surface area contributed by atoms with Crippen molar-refractivity contribution in [3.8, 4) is 0 Å². The maximum Gasteiger partial charge on any atom is 0.223 e. The second-order valence-electron chi connectivity index (χ2n) is 12.4. The van der Waals surface area contributed by atoms with Gasteiger partial charge in [-0.2, -0.15) is 0 Å². The number of rotatable bonds is 2. The summed E-state index contributed by atoms with van der Waals surface area (Å²) in [5, 5.41) is 11.1. The summed E-state index contributed by atoms with van der Waals surface area (Å²) in [4.78, 5) is 32.2. The highest BCUT2D eigenvalue weighted by atomic mass is 16.5. The van der Waals surface area contributed by atoms with Crippen LogP contribution in [0.25, 0.3) is 0 Å². The molecule has 0 aromatic carbocycles. The van der Waals surface area contributed by atoms with Crippen LogP contribution in [0.4, 0.5) is 0 Å². The maximum atomic E-state index is 13.7. The molecule has 3 aliphatic heterocycles. The van der Waals surface area contributed by atoms with Crippen LogP contribution in [0.1, 0.15) is 85.0 Å². The first-order chi connectivity index (χ1) is 16.7. The van der Waals surface area contributed by atoms with Crippen molar-refractivity contribution < 1.29 is 19.4 Å². The Labute approximate surface area is 212 Å². The minimum Gasteiger partial charge on any atom is -0.391 e. The predicted octanol–water partition coefficient (Wildman–Crippen LogP) is 3.29. The van der Waals surface area contributed by atoms with Gasteiger partial charge < -0.3 is 19.6 Å². The second-order valence-corrected chi connectivity index (χ2v) is 12.4. The molecule has 1 N–H and O–H groups in total. The Bertz CT molecular complexity index is 715. The monoisotopic (exact) mass is 491 g/mol. The molecule has 7 nitrogen and oxygen atoms in total. The van der Waals surface area contributed by atoms with E-state index >= 15 is 0 Å². The largest absolute Gasteiger partial charge is 0.391 e. The second kappa shape index (κ2) is 11.9. The lowest BCUT2D eigenvalue weighted by atomic mass is 9.79. The van der Waals surface area contributed by atoms with Crippen molar-refractivity contribution >= 4 is 11.8 Å². The van der Waals surface area contributed by atoms with Crippen molar-refractivity contribution in [3.63, 3.8) is 0 Å². The molecule has 0 unspecified atom stereocenters. The molecule has 3 heterocycles. The third-order valence-corrected chi connectivity index (χ3v) is 9.48. The molecular weight excluding hydrogens is 442 g/mol. The minimum absolute atomic E-state index is 0.191. The van der Waals surface area contributed by atoms with Crippen LogP contribution < -0.4 is 0 Å². The van der Waals surface area contributed by atoms with Crippen molar-refractivity contribution in [3.05, 3.63) is 0 Å². The molecule has 3 atom stereocenters. The number of likely N-dealkylation sites (tertiary alicyclic amines) is 2. The zero-order chi connectivity index (χ0) is 25.0.